The van der Waals surface area contributed by atoms with Gasteiger partial charge in [-0.2, -0.15) is 0 Å². The summed E-state index contributed by atoms with van der Waals surface area (Å²) < 4.78 is 24.5. The third-order valence-corrected chi connectivity index (χ3v) is 5.28. The Morgan fingerprint density at radius 2 is 1.85 bits per heavy atom. The molecule has 1 aromatic carbocycles. The van der Waals surface area contributed by atoms with Crippen molar-refractivity contribution in [3.05, 3.63) is 34.9 Å². The van der Waals surface area contributed by atoms with Crippen LogP contribution in [0.5, 0.6) is 0 Å². The summed E-state index contributed by atoms with van der Waals surface area (Å²) in [6.45, 7) is 8.16. The molecule has 0 fully saturated rings. The largest absolute Gasteiger partial charge is 0.312 e. The minimum atomic E-state index is -3.03. The molecule has 0 spiro atoms. The molecule has 0 aromatic heterocycles. The highest BCUT2D eigenvalue weighted by atomic mass is 32.2. The van der Waals surface area contributed by atoms with Crippen LogP contribution in [-0.2, 0) is 9.84 Å². The first-order valence-electron chi connectivity index (χ1n) is 7.20. The lowest BCUT2D eigenvalue weighted by atomic mass is 10.0. The van der Waals surface area contributed by atoms with E-state index < -0.39 is 9.84 Å². The second kappa shape index (κ2) is 7.23. The van der Waals surface area contributed by atoms with Gasteiger partial charge in [0.25, 0.3) is 0 Å². The molecular formula is C16H27NO2S. The number of hydrogen-bond donors (Lipinski definition) is 1. The van der Waals surface area contributed by atoms with Crippen LogP contribution in [0.1, 0.15) is 43.0 Å². The summed E-state index contributed by atoms with van der Waals surface area (Å²) in [5, 5.41) is 3.15. The van der Waals surface area contributed by atoms with E-state index in [1.54, 1.807) is 0 Å². The molecule has 0 saturated carbocycles. The van der Waals surface area contributed by atoms with Gasteiger partial charge < -0.3 is 5.32 Å². The van der Waals surface area contributed by atoms with Gasteiger partial charge in [0.2, 0.25) is 0 Å². The fourth-order valence-electron chi connectivity index (χ4n) is 2.22. The van der Waals surface area contributed by atoms with E-state index in [1.165, 1.54) is 0 Å². The molecule has 0 radical (unpaired) electrons. The van der Waals surface area contributed by atoms with Crippen molar-refractivity contribution in [3.8, 4) is 0 Å². The van der Waals surface area contributed by atoms with E-state index in [4.69, 9.17) is 0 Å². The quantitative estimate of drug-likeness (QED) is 0.841. The van der Waals surface area contributed by atoms with E-state index in [-0.39, 0.29) is 17.5 Å². The second-order valence-electron chi connectivity index (χ2n) is 6.00. The molecule has 0 aliphatic rings. The highest BCUT2D eigenvalue weighted by molar-refractivity contribution is 7.91. The van der Waals surface area contributed by atoms with Crippen LogP contribution in [0.2, 0.25) is 0 Å². The van der Waals surface area contributed by atoms with Crippen molar-refractivity contribution in [1.29, 1.82) is 0 Å². The molecule has 3 nitrogen and oxygen atoms in total. The van der Waals surface area contributed by atoms with Crippen LogP contribution >= 0.6 is 0 Å². The van der Waals surface area contributed by atoms with Gasteiger partial charge in [-0.3, -0.25) is 0 Å². The minimum Gasteiger partial charge on any atom is -0.312 e. The number of benzene rings is 1. The van der Waals surface area contributed by atoms with Crippen LogP contribution in [0.4, 0.5) is 0 Å². The summed E-state index contributed by atoms with van der Waals surface area (Å²) >= 11 is 0. The second-order valence-corrected chi connectivity index (χ2v) is 8.23. The molecule has 20 heavy (non-hydrogen) atoms. The molecule has 0 aliphatic carbocycles. The smallest absolute Gasteiger partial charge is 0.152 e. The van der Waals surface area contributed by atoms with E-state index in [0.29, 0.717) is 5.92 Å². The molecule has 0 saturated heterocycles. The topological polar surface area (TPSA) is 46.2 Å². The SMILES string of the molecule is CNC(CS(=O)(=O)CCC(C)C)c1cc(C)ccc1C. The van der Waals surface area contributed by atoms with E-state index in [0.717, 1.165) is 23.1 Å². The third-order valence-electron chi connectivity index (χ3n) is 3.59. The normalized spacial score (nSPS) is 13.7. The Morgan fingerprint density at radius 1 is 1.20 bits per heavy atom. The molecule has 1 atom stereocenters. The number of hydrogen-bond acceptors (Lipinski definition) is 3. The van der Waals surface area contributed by atoms with Gasteiger partial charge in [-0.05, 0) is 44.4 Å². The zero-order valence-corrected chi connectivity index (χ0v) is 14.0. The molecule has 0 aliphatic heterocycles. The van der Waals surface area contributed by atoms with Crippen LogP contribution in [0.15, 0.2) is 18.2 Å². The number of sulfone groups is 1. The van der Waals surface area contributed by atoms with Crippen LogP contribution in [0.25, 0.3) is 0 Å². The number of aryl methyl sites for hydroxylation is 2. The minimum absolute atomic E-state index is 0.132. The fraction of sp³-hybridized carbons (Fsp3) is 0.625. The summed E-state index contributed by atoms with van der Waals surface area (Å²) in [6, 6.07) is 6.05. The van der Waals surface area contributed by atoms with Crippen LogP contribution in [-0.4, -0.2) is 27.0 Å². The summed E-state index contributed by atoms with van der Waals surface area (Å²) in [7, 11) is -1.20. The lowest BCUT2D eigenvalue weighted by Gasteiger charge is -2.20. The van der Waals surface area contributed by atoms with E-state index in [1.807, 2.05) is 20.9 Å². The summed E-state index contributed by atoms with van der Waals surface area (Å²) in [5.74, 6) is 0.854. The van der Waals surface area contributed by atoms with Gasteiger partial charge in [-0.25, -0.2) is 8.42 Å². The molecule has 114 valence electrons. The molecule has 0 amide bonds. The summed E-state index contributed by atoms with van der Waals surface area (Å²) in [6.07, 6.45) is 0.728. The molecule has 4 heteroatoms. The first-order valence-corrected chi connectivity index (χ1v) is 9.02. The lowest BCUT2D eigenvalue weighted by Crippen LogP contribution is -2.27. The van der Waals surface area contributed by atoms with Crippen LogP contribution < -0.4 is 5.32 Å². The third kappa shape index (κ3) is 5.25. The zero-order chi connectivity index (χ0) is 15.3. The van der Waals surface area contributed by atoms with Crippen molar-refractivity contribution in [2.24, 2.45) is 5.92 Å². The van der Waals surface area contributed by atoms with Gasteiger partial charge in [0.05, 0.1) is 11.5 Å². The maximum atomic E-state index is 12.2. The Labute approximate surface area is 123 Å². The maximum Gasteiger partial charge on any atom is 0.152 e. The van der Waals surface area contributed by atoms with Crippen LogP contribution in [0.3, 0.4) is 0 Å². The molecule has 1 aromatic rings. The predicted octanol–water partition coefficient (Wildman–Crippen LogP) is 3.02. The average molecular weight is 297 g/mol. The first kappa shape index (κ1) is 17.2. The van der Waals surface area contributed by atoms with Gasteiger partial charge >= 0.3 is 0 Å². The van der Waals surface area contributed by atoms with Gasteiger partial charge in [0.15, 0.2) is 9.84 Å². The lowest BCUT2D eigenvalue weighted by molar-refractivity contribution is 0.557. The van der Waals surface area contributed by atoms with Crippen molar-refractivity contribution in [2.75, 3.05) is 18.6 Å². The van der Waals surface area contributed by atoms with Crippen molar-refractivity contribution in [1.82, 2.24) is 5.32 Å². The molecule has 0 heterocycles. The number of nitrogens with one attached hydrogen (secondary N) is 1. The van der Waals surface area contributed by atoms with E-state index in [2.05, 4.69) is 37.4 Å². The average Bonchev–Trinajstić information content (AvgIpc) is 2.37. The Hall–Kier alpha value is -0.870. The highest BCUT2D eigenvalue weighted by Crippen LogP contribution is 2.21. The Kier molecular flexibility index (Phi) is 6.21. The first-order chi connectivity index (χ1) is 9.25. The van der Waals surface area contributed by atoms with E-state index in [9.17, 15) is 8.42 Å². The monoisotopic (exact) mass is 297 g/mol. The zero-order valence-electron chi connectivity index (χ0n) is 13.2. The van der Waals surface area contributed by atoms with Crippen molar-refractivity contribution in [2.45, 2.75) is 40.2 Å². The Morgan fingerprint density at radius 3 is 2.40 bits per heavy atom. The standard InChI is InChI=1S/C16H27NO2S/c1-12(2)8-9-20(18,19)11-16(17-5)15-10-13(3)6-7-14(15)4/h6-7,10,12,16-17H,8-9,11H2,1-5H3. The molecular weight excluding hydrogens is 270 g/mol. The number of rotatable bonds is 7. The molecule has 1 N–H and O–H groups in total. The van der Waals surface area contributed by atoms with Gasteiger partial charge in [0, 0.05) is 6.04 Å². The van der Waals surface area contributed by atoms with Gasteiger partial charge in [0.1, 0.15) is 0 Å². The summed E-state index contributed by atoms with van der Waals surface area (Å²) in [5.41, 5.74) is 3.38. The van der Waals surface area contributed by atoms with Gasteiger partial charge in [-0.1, -0.05) is 37.6 Å². The molecule has 1 rings (SSSR count). The highest BCUT2D eigenvalue weighted by Gasteiger charge is 2.21. The summed E-state index contributed by atoms with van der Waals surface area (Å²) in [4.78, 5) is 0. The molecule has 1 unspecified atom stereocenters. The molecule has 0 bridgehead atoms. The maximum absolute atomic E-state index is 12.2. The van der Waals surface area contributed by atoms with Gasteiger partial charge in [-0.15, -0.1) is 0 Å². The van der Waals surface area contributed by atoms with Crippen molar-refractivity contribution < 1.29 is 8.42 Å². The van der Waals surface area contributed by atoms with Crippen molar-refractivity contribution in [3.63, 3.8) is 0 Å². The van der Waals surface area contributed by atoms with E-state index >= 15 is 0 Å². The predicted molar refractivity (Wildman–Crippen MR) is 85.8 cm³/mol. The fourth-order valence-corrected chi connectivity index (χ4v) is 4.07. The van der Waals surface area contributed by atoms with Crippen molar-refractivity contribution >= 4 is 9.84 Å². The van der Waals surface area contributed by atoms with Crippen LogP contribution in [0, 0.1) is 19.8 Å². The Balaban J connectivity index is 2.89. The Bertz CT molecular complexity index is 535.